The normalized spacial score (nSPS) is 11.9. The van der Waals surface area contributed by atoms with Gasteiger partial charge in [-0.15, -0.1) is 0 Å². The summed E-state index contributed by atoms with van der Waals surface area (Å²) in [5, 5.41) is 4.19. The predicted molar refractivity (Wildman–Crippen MR) is 132 cm³/mol. The van der Waals surface area contributed by atoms with Gasteiger partial charge in [0.05, 0.1) is 5.71 Å². The first-order valence-electron chi connectivity index (χ1n) is 9.87. The van der Waals surface area contributed by atoms with Gasteiger partial charge in [0, 0.05) is 11.0 Å². The van der Waals surface area contributed by atoms with E-state index in [0.29, 0.717) is 42.8 Å². The summed E-state index contributed by atoms with van der Waals surface area (Å²) in [7, 11) is 0. The van der Waals surface area contributed by atoms with Crippen molar-refractivity contribution < 1.29 is 19.0 Å². The highest BCUT2D eigenvalue weighted by Crippen LogP contribution is 2.26. The second kappa shape index (κ2) is 13.3. The van der Waals surface area contributed by atoms with Crippen LogP contribution in [0, 0.1) is 5.41 Å². The molecule has 2 rings (SSSR count). The van der Waals surface area contributed by atoms with Crippen LogP contribution in [-0.4, -0.2) is 25.5 Å². The van der Waals surface area contributed by atoms with E-state index in [4.69, 9.17) is 53.9 Å². The Bertz CT molecular complexity index is 914. The lowest BCUT2D eigenvalue weighted by Gasteiger charge is -2.21. The average Bonchev–Trinajstić information content (AvgIpc) is 2.74. The number of benzene rings is 2. The molecule has 32 heavy (non-hydrogen) atoms. The molecule has 0 saturated heterocycles. The third-order valence-electron chi connectivity index (χ3n) is 4.05. The molecule has 0 atom stereocenters. The number of oxime groups is 1. The number of ether oxygens (including phenoxy) is 3. The summed E-state index contributed by atoms with van der Waals surface area (Å²) >= 11 is 16.6. The van der Waals surface area contributed by atoms with Crippen LogP contribution in [0.3, 0.4) is 0 Å². The van der Waals surface area contributed by atoms with Gasteiger partial charge in [0.2, 0.25) is 0 Å². The van der Waals surface area contributed by atoms with Crippen LogP contribution >= 0.6 is 34.8 Å². The van der Waals surface area contributed by atoms with Crippen molar-refractivity contribution in [2.24, 2.45) is 10.6 Å². The molecule has 5 nitrogen and oxygen atoms in total. The van der Waals surface area contributed by atoms with E-state index >= 15 is 0 Å². The summed E-state index contributed by atoms with van der Waals surface area (Å²) in [6, 6.07) is 14.6. The van der Waals surface area contributed by atoms with Crippen LogP contribution in [0.2, 0.25) is 0 Å². The third-order valence-corrected chi connectivity index (χ3v) is 4.53. The van der Waals surface area contributed by atoms with Crippen molar-refractivity contribution in [2.45, 2.75) is 20.8 Å². The highest BCUT2D eigenvalue weighted by atomic mass is 35.5. The van der Waals surface area contributed by atoms with E-state index in [1.165, 1.54) is 5.54 Å². The van der Waals surface area contributed by atoms with Gasteiger partial charge in [-0.2, -0.15) is 0 Å². The van der Waals surface area contributed by atoms with Gasteiger partial charge in [-0.1, -0.05) is 60.7 Å². The number of rotatable bonds is 11. The summed E-state index contributed by atoms with van der Waals surface area (Å²) in [5.74, 6) is 2.75. The van der Waals surface area contributed by atoms with E-state index < -0.39 is 0 Å². The minimum Gasteiger partial charge on any atom is -0.489 e. The van der Waals surface area contributed by atoms with Crippen LogP contribution in [0.5, 0.6) is 23.0 Å². The predicted octanol–water partition coefficient (Wildman–Crippen LogP) is 7.73. The number of hydrogen-bond donors (Lipinski definition) is 0. The first-order chi connectivity index (χ1) is 15.3. The maximum absolute atomic E-state index is 5.88. The molecule has 0 saturated carbocycles. The Kier molecular flexibility index (Phi) is 10.7. The topological polar surface area (TPSA) is 49.3 Å². The van der Waals surface area contributed by atoms with Gasteiger partial charge in [-0.25, -0.2) is 0 Å². The van der Waals surface area contributed by atoms with Gasteiger partial charge in [0.15, 0.2) is 0 Å². The molecular formula is C24H26Cl3NO4. The van der Waals surface area contributed by atoms with Crippen molar-refractivity contribution >= 4 is 40.5 Å². The highest BCUT2D eigenvalue weighted by Gasteiger charge is 2.20. The molecule has 0 spiro atoms. The lowest BCUT2D eigenvalue weighted by molar-refractivity contribution is 0.168. The molecule has 0 N–H and O–H groups in total. The second-order valence-electron chi connectivity index (χ2n) is 7.58. The maximum Gasteiger partial charge on any atom is 0.136 e. The minimum atomic E-state index is -0.198. The van der Waals surface area contributed by atoms with Crippen LogP contribution in [0.15, 0.2) is 75.9 Å². The van der Waals surface area contributed by atoms with Gasteiger partial charge in [-0.05, 0) is 60.7 Å². The van der Waals surface area contributed by atoms with Gasteiger partial charge >= 0.3 is 0 Å². The molecule has 0 aliphatic carbocycles. The Balaban J connectivity index is 1.90. The molecule has 2 aromatic carbocycles. The Morgan fingerprint density at radius 1 is 0.844 bits per heavy atom. The smallest absolute Gasteiger partial charge is 0.136 e. The molecule has 0 bridgehead atoms. The fourth-order valence-electron chi connectivity index (χ4n) is 2.27. The second-order valence-corrected chi connectivity index (χ2v) is 8.84. The fraction of sp³-hybridized carbons (Fsp3) is 0.292. The lowest BCUT2D eigenvalue weighted by atomic mass is 9.90. The molecule has 2 aromatic rings. The molecular weight excluding hydrogens is 473 g/mol. The fourth-order valence-corrected chi connectivity index (χ4v) is 2.47. The summed E-state index contributed by atoms with van der Waals surface area (Å²) < 4.78 is 17.4. The quantitative estimate of drug-likeness (QED) is 0.181. The van der Waals surface area contributed by atoms with Gasteiger partial charge in [0.1, 0.15) is 47.3 Å². The molecule has 0 radical (unpaired) electrons. The highest BCUT2D eigenvalue weighted by molar-refractivity contribution is 6.55. The third kappa shape index (κ3) is 9.86. The Labute approximate surface area is 204 Å². The van der Waals surface area contributed by atoms with E-state index in [1.54, 1.807) is 24.3 Å². The van der Waals surface area contributed by atoms with E-state index in [0.717, 1.165) is 5.71 Å². The maximum atomic E-state index is 5.88. The summed E-state index contributed by atoms with van der Waals surface area (Å²) in [6.45, 7) is 7.05. The molecule has 0 aromatic heterocycles. The zero-order valence-corrected chi connectivity index (χ0v) is 20.5. The van der Waals surface area contributed by atoms with Crippen molar-refractivity contribution in [1.82, 2.24) is 0 Å². The molecule has 172 valence electrons. The standard InChI is InChI=1S/C24H26Cl3NO4/c1-24(2,3)22(28-31-15-4-14-25)17-30-19-7-11-21(12-8-19)32-20-9-5-18(6-10-20)29-16-13-23(26)27/h4-14H,15-17H2,1-3H3. The van der Waals surface area contributed by atoms with Crippen LogP contribution < -0.4 is 14.2 Å². The van der Waals surface area contributed by atoms with Crippen LogP contribution in [-0.2, 0) is 4.84 Å². The van der Waals surface area contributed by atoms with Crippen molar-refractivity contribution in [2.75, 3.05) is 19.8 Å². The summed E-state index contributed by atoms with van der Waals surface area (Å²) in [6.07, 6.45) is 3.24. The van der Waals surface area contributed by atoms with Crippen LogP contribution in [0.1, 0.15) is 20.8 Å². The molecule has 0 unspecified atom stereocenters. The SMILES string of the molecule is CC(C)(C)C(COc1ccc(Oc2ccc(OCC=C(Cl)Cl)cc2)cc1)=NOCC=CCl. The molecule has 0 heterocycles. The number of halogens is 3. The monoisotopic (exact) mass is 497 g/mol. The summed E-state index contributed by atoms with van der Waals surface area (Å²) in [4.78, 5) is 5.27. The van der Waals surface area contributed by atoms with Crippen molar-refractivity contribution in [1.29, 1.82) is 0 Å². The van der Waals surface area contributed by atoms with E-state index in [9.17, 15) is 0 Å². The van der Waals surface area contributed by atoms with Gasteiger partial charge in [-0.3, -0.25) is 0 Å². The van der Waals surface area contributed by atoms with E-state index in [-0.39, 0.29) is 9.91 Å². The van der Waals surface area contributed by atoms with E-state index in [2.05, 4.69) is 5.16 Å². The van der Waals surface area contributed by atoms with Crippen LogP contribution in [0.4, 0.5) is 0 Å². The molecule has 0 aliphatic heterocycles. The first-order valence-corrected chi connectivity index (χ1v) is 11.1. The van der Waals surface area contributed by atoms with Crippen molar-refractivity contribution in [3.63, 3.8) is 0 Å². The minimum absolute atomic E-state index is 0.173. The van der Waals surface area contributed by atoms with Crippen LogP contribution in [0.25, 0.3) is 0 Å². The van der Waals surface area contributed by atoms with Gasteiger partial charge in [0.25, 0.3) is 0 Å². The van der Waals surface area contributed by atoms with Gasteiger partial charge < -0.3 is 19.0 Å². The Morgan fingerprint density at radius 2 is 1.38 bits per heavy atom. The molecule has 8 heteroatoms. The summed E-state index contributed by atoms with van der Waals surface area (Å²) in [5.41, 5.74) is 1.98. The largest absolute Gasteiger partial charge is 0.489 e. The number of nitrogens with zero attached hydrogens (tertiary/aromatic N) is 1. The zero-order valence-electron chi connectivity index (χ0n) is 18.2. The average molecular weight is 499 g/mol. The van der Waals surface area contributed by atoms with Crippen molar-refractivity contribution in [3.8, 4) is 23.0 Å². The zero-order chi connectivity index (χ0) is 23.4. The lowest BCUT2D eigenvalue weighted by Crippen LogP contribution is -2.27. The van der Waals surface area contributed by atoms with E-state index in [1.807, 2.05) is 57.2 Å². The Morgan fingerprint density at radius 3 is 1.88 bits per heavy atom. The molecule has 0 fully saturated rings. The molecule has 0 aliphatic rings. The number of hydrogen-bond acceptors (Lipinski definition) is 5. The van der Waals surface area contributed by atoms with Crippen molar-refractivity contribution in [3.05, 3.63) is 70.7 Å². The molecule has 0 amide bonds. The Hall–Kier alpha value is -2.34. The first kappa shape index (κ1) is 25.9.